The van der Waals surface area contributed by atoms with E-state index in [4.69, 9.17) is 4.42 Å². The van der Waals surface area contributed by atoms with Gasteiger partial charge >= 0.3 is 0 Å². The zero-order valence-corrected chi connectivity index (χ0v) is 26.6. The topological polar surface area (TPSA) is 21.3 Å². The zero-order chi connectivity index (χ0) is 32.3. The average Bonchev–Trinajstić information content (AvgIpc) is 3.72. The first-order chi connectivity index (χ1) is 24.3. The highest BCUT2D eigenvalue weighted by Crippen LogP contribution is 2.44. The van der Waals surface area contributed by atoms with Gasteiger partial charge in [0, 0.05) is 44.0 Å². The third kappa shape index (κ3) is 4.37. The molecule has 0 atom stereocenters. The van der Waals surface area contributed by atoms with Gasteiger partial charge < -0.3 is 13.9 Å². The second kappa shape index (κ2) is 11.0. The van der Waals surface area contributed by atoms with Crippen molar-refractivity contribution in [1.29, 1.82) is 0 Å². The highest BCUT2D eigenvalue weighted by Gasteiger charge is 2.20. The smallest absolute Gasteiger partial charge is 0.136 e. The summed E-state index contributed by atoms with van der Waals surface area (Å²) in [5.41, 5.74) is 11.0. The Balaban J connectivity index is 1.24. The van der Waals surface area contributed by atoms with E-state index in [-0.39, 0.29) is 0 Å². The van der Waals surface area contributed by atoms with Crippen LogP contribution < -0.4 is 4.90 Å². The Kier molecular flexibility index (Phi) is 6.18. The average molecular weight is 627 g/mol. The molecule has 0 amide bonds. The summed E-state index contributed by atoms with van der Waals surface area (Å²) in [6, 6.07) is 65.0. The summed E-state index contributed by atoms with van der Waals surface area (Å²) in [5.74, 6) is 0. The molecule has 2 aromatic heterocycles. The molecule has 2 heterocycles. The molecule has 0 aliphatic rings. The summed E-state index contributed by atoms with van der Waals surface area (Å²) in [5, 5.41) is 7.09. The van der Waals surface area contributed by atoms with E-state index in [9.17, 15) is 0 Å². The highest BCUT2D eigenvalue weighted by molar-refractivity contribution is 6.21. The van der Waals surface area contributed by atoms with Gasteiger partial charge in [-0.15, -0.1) is 0 Å². The van der Waals surface area contributed by atoms with Gasteiger partial charge in [0.2, 0.25) is 0 Å². The van der Waals surface area contributed by atoms with Crippen molar-refractivity contribution in [2.75, 3.05) is 4.90 Å². The summed E-state index contributed by atoms with van der Waals surface area (Å²) in [7, 11) is 0. The molecule has 8 aromatic carbocycles. The van der Waals surface area contributed by atoms with Gasteiger partial charge in [0.1, 0.15) is 11.2 Å². The molecule has 0 radical (unpaired) electrons. The third-order valence-electron chi connectivity index (χ3n) is 9.78. The molecule has 0 bridgehead atoms. The number of aromatic nitrogens is 1. The van der Waals surface area contributed by atoms with Crippen LogP contribution in [0.15, 0.2) is 186 Å². The number of nitrogens with zero attached hydrogens (tertiary/aromatic N) is 2. The molecule has 0 spiro atoms. The lowest BCUT2D eigenvalue weighted by atomic mass is 10.0. The van der Waals surface area contributed by atoms with Crippen LogP contribution in [-0.2, 0) is 0 Å². The van der Waals surface area contributed by atoms with Crippen molar-refractivity contribution in [3.63, 3.8) is 0 Å². The van der Waals surface area contributed by atoms with Gasteiger partial charge in [-0.05, 0) is 83.2 Å². The van der Waals surface area contributed by atoms with E-state index >= 15 is 0 Å². The molecular weight excluding hydrogens is 597 g/mol. The lowest BCUT2D eigenvalue weighted by Gasteiger charge is -2.27. The largest absolute Gasteiger partial charge is 0.456 e. The van der Waals surface area contributed by atoms with Gasteiger partial charge in [0.05, 0.1) is 16.7 Å². The first kappa shape index (κ1) is 27.5. The van der Waals surface area contributed by atoms with E-state index in [1.165, 1.54) is 38.3 Å². The second-order valence-corrected chi connectivity index (χ2v) is 12.5. The lowest BCUT2D eigenvalue weighted by molar-refractivity contribution is 0.669. The Bertz CT molecular complexity index is 2810. The molecule has 10 rings (SSSR count). The van der Waals surface area contributed by atoms with Crippen molar-refractivity contribution in [2.24, 2.45) is 0 Å². The number of hydrogen-bond acceptors (Lipinski definition) is 2. The van der Waals surface area contributed by atoms with Crippen molar-refractivity contribution in [2.45, 2.75) is 0 Å². The molecule has 0 N–H and O–H groups in total. The number of anilines is 3. The predicted octanol–water partition coefficient (Wildman–Crippen LogP) is 13.0. The van der Waals surface area contributed by atoms with Gasteiger partial charge in [-0.25, -0.2) is 0 Å². The maximum atomic E-state index is 6.30. The van der Waals surface area contributed by atoms with Crippen LogP contribution in [0.3, 0.4) is 0 Å². The summed E-state index contributed by atoms with van der Waals surface area (Å²) < 4.78 is 8.69. The molecule has 0 fully saturated rings. The first-order valence-electron chi connectivity index (χ1n) is 16.7. The van der Waals surface area contributed by atoms with Gasteiger partial charge in [-0.2, -0.15) is 0 Å². The Labute approximate surface area is 283 Å². The molecule has 10 aromatic rings. The van der Waals surface area contributed by atoms with Crippen molar-refractivity contribution in [1.82, 2.24) is 4.57 Å². The zero-order valence-electron chi connectivity index (χ0n) is 26.6. The fourth-order valence-electron chi connectivity index (χ4n) is 7.57. The number of furan rings is 1. The summed E-state index contributed by atoms with van der Waals surface area (Å²) in [6.07, 6.45) is 0. The fraction of sp³-hybridized carbons (Fsp3) is 0. The molecule has 0 saturated heterocycles. The van der Waals surface area contributed by atoms with Crippen molar-refractivity contribution in [3.05, 3.63) is 182 Å². The van der Waals surface area contributed by atoms with Crippen LogP contribution in [0.4, 0.5) is 17.1 Å². The summed E-state index contributed by atoms with van der Waals surface area (Å²) in [4.78, 5) is 2.40. The molecule has 0 aliphatic heterocycles. The Hall–Kier alpha value is -6.58. The second-order valence-electron chi connectivity index (χ2n) is 12.5. The Morgan fingerprint density at radius 2 is 1.02 bits per heavy atom. The van der Waals surface area contributed by atoms with E-state index in [0.29, 0.717) is 0 Å². The van der Waals surface area contributed by atoms with Crippen LogP contribution in [0.1, 0.15) is 0 Å². The Morgan fingerprint density at radius 3 is 1.86 bits per heavy atom. The predicted molar refractivity (Wildman–Crippen MR) is 206 cm³/mol. The van der Waals surface area contributed by atoms with Gasteiger partial charge in [-0.3, -0.25) is 0 Å². The van der Waals surface area contributed by atoms with Gasteiger partial charge in [0.15, 0.2) is 0 Å². The Morgan fingerprint density at radius 1 is 0.388 bits per heavy atom. The SMILES string of the molecule is c1ccc(-c2ccc(N(c3ccc4c5ccccc5n(-c5ccccc5)c4c3)c3cccc4c3ccc3oc5ccccc5c34)cc2)cc1. The van der Waals surface area contributed by atoms with Crippen LogP contribution in [-0.4, -0.2) is 4.57 Å². The quantitative estimate of drug-likeness (QED) is 0.190. The number of benzene rings is 8. The van der Waals surface area contributed by atoms with Crippen molar-refractivity contribution in [3.8, 4) is 16.8 Å². The minimum Gasteiger partial charge on any atom is -0.456 e. The van der Waals surface area contributed by atoms with E-state index in [2.05, 4.69) is 179 Å². The number of rotatable bonds is 5. The maximum Gasteiger partial charge on any atom is 0.136 e. The minimum atomic E-state index is 0.901. The highest BCUT2D eigenvalue weighted by atomic mass is 16.3. The molecule has 3 nitrogen and oxygen atoms in total. The standard InChI is InChI=1S/C46H30N2O/c1-3-12-31(13-4-1)32-22-24-34(25-23-32)47(41-20-11-18-39-38(41)28-29-45-46(39)40-17-8-10-21-44(40)49-45)35-26-27-37-36-16-7-9-19-42(36)48(43(37)30-35)33-14-5-2-6-15-33/h1-30H. The molecule has 0 aliphatic carbocycles. The van der Waals surface area contributed by atoms with E-state index in [0.717, 1.165) is 50.1 Å². The van der Waals surface area contributed by atoms with Crippen LogP contribution in [0.25, 0.3) is 71.3 Å². The van der Waals surface area contributed by atoms with E-state index in [1.54, 1.807) is 0 Å². The van der Waals surface area contributed by atoms with Gasteiger partial charge in [-0.1, -0.05) is 115 Å². The third-order valence-corrected chi connectivity index (χ3v) is 9.78. The number of para-hydroxylation sites is 3. The van der Waals surface area contributed by atoms with Crippen LogP contribution in [0, 0.1) is 0 Å². The molecule has 0 saturated carbocycles. The van der Waals surface area contributed by atoms with Gasteiger partial charge in [0.25, 0.3) is 0 Å². The minimum absolute atomic E-state index is 0.901. The van der Waals surface area contributed by atoms with Crippen LogP contribution >= 0.6 is 0 Å². The van der Waals surface area contributed by atoms with Crippen molar-refractivity contribution >= 4 is 71.6 Å². The molecule has 0 unspecified atom stereocenters. The van der Waals surface area contributed by atoms with E-state index < -0.39 is 0 Å². The fourth-order valence-corrected chi connectivity index (χ4v) is 7.57. The maximum absolute atomic E-state index is 6.30. The van der Waals surface area contributed by atoms with Crippen molar-refractivity contribution < 1.29 is 4.42 Å². The molecule has 49 heavy (non-hydrogen) atoms. The molecule has 3 heteroatoms. The summed E-state index contributed by atoms with van der Waals surface area (Å²) in [6.45, 7) is 0. The molecular formula is C46H30N2O. The van der Waals surface area contributed by atoms with E-state index in [1.807, 2.05) is 12.1 Å². The molecule has 230 valence electrons. The van der Waals surface area contributed by atoms with Crippen LogP contribution in [0.5, 0.6) is 0 Å². The lowest BCUT2D eigenvalue weighted by Crippen LogP contribution is -2.10. The number of hydrogen-bond donors (Lipinski definition) is 0. The van der Waals surface area contributed by atoms with Crippen LogP contribution in [0.2, 0.25) is 0 Å². The number of fused-ring (bicyclic) bond motifs is 8. The summed E-state index contributed by atoms with van der Waals surface area (Å²) >= 11 is 0. The first-order valence-corrected chi connectivity index (χ1v) is 16.7. The normalized spacial score (nSPS) is 11.7. The monoisotopic (exact) mass is 626 g/mol.